The average Bonchev–Trinajstić information content (AvgIpc) is 2.96. The smallest absolute Gasteiger partial charge is 0.0541 e. The van der Waals surface area contributed by atoms with Crippen LogP contribution < -0.4 is 5.32 Å². The van der Waals surface area contributed by atoms with Gasteiger partial charge in [0.1, 0.15) is 0 Å². The molecule has 0 heterocycles. The molecular formula is C17H25NOS. The monoisotopic (exact) mass is 291 g/mol. The lowest BCUT2D eigenvalue weighted by molar-refractivity contribution is 0.126. The normalized spacial score (nSPS) is 27.6. The van der Waals surface area contributed by atoms with E-state index in [0.717, 1.165) is 30.9 Å². The summed E-state index contributed by atoms with van der Waals surface area (Å²) in [6.07, 6.45) is 9.51. The molecule has 2 N–H and O–H groups in total. The maximum absolute atomic E-state index is 9.61. The van der Waals surface area contributed by atoms with E-state index in [2.05, 4.69) is 41.3 Å². The molecule has 3 heteroatoms. The van der Waals surface area contributed by atoms with Crippen LogP contribution in [0, 0.1) is 0 Å². The van der Waals surface area contributed by atoms with E-state index in [-0.39, 0.29) is 6.10 Å². The summed E-state index contributed by atoms with van der Waals surface area (Å²) in [6, 6.07) is 9.26. The van der Waals surface area contributed by atoms with Crippen molar-refractivity contribution in [1.82, 2.24) is 0 Å². The largest absolute Gasteiger partial charge is 0.393 e. The molecule has 1 aromatic rings. The van der Waals surface area contributed by atoms with E-state index in [1.807, 2.05) is 0 Å². The third kappa shape index (κ3) is 3.70. The molecule has 2 aliphatic carbocycles. The van der Waals surface area contributed by atoms with Crippen molar-refractivity contribution in [3.63, 3.8) is 0 Å². The molecule has 0 bridgehead atoms. The fraction of sp³-hybridized carbons (Fsp3) is 0.647. The molecule has 3 rings (SSSR count). The standard InChI is InChI=1S/C17H25NOS/c19-14-11-9-13(10-12-14)18-16-7-3-4-8-17(16)20-15-5-1-2-6-15/h3-4,7-8,13-15,18-19H,1-2,5-6,9-12H2. The zero-order chi connectivity index (χ0) is 13.8. The van der Waals surface area contributed by atoms with Gasteiger partial charge in [-0.05, 0) is 50.7 Å². The Labute approximate surface area is 126 Å². The Bertz CT molecular complexity index is 423. The highest BCUT2D eigenvalue weighted by molar-refractivity contribution is 8.00. The minimum absolute atomic E-state index is 0.0730. The van der Waals surface area contributed by atoms with Crippen LogP contribution in [0.15, 0.2) is 29.2 Å². The van der Waals surface area contributed by atoms with E-state index in [1.54, 1.807) is 0 Å². The molecule has 2 aliphatic rings. The number of benzene rings is 1. The molecule has 1 aromatic carbocycles. The first kappa shape index (κ1) is 14.3. The Morgan fingerprint density at radius 3 is 2.40 bits per heavy atom. The van der Waals surface area contributed by atoms with E-state index < -0.39 is 0 Å². The summed E-state index contributed by atoms with van der Waals surface area (Å²) in [5.74, 6) is 0. The number of anilines is 1. The number of nitrogens with one attached hydrogen (secondary N) is 1. The fourth-order valence-corrected chi connectivity index (χ4v) is 4.65. The summed E-state index contributed by atoms with van der Waals surface area (Å²) >= 11 is 2.06. The molecule has 20 heavy (non-hydrogen) atoms. The maximum atomic E-state index is 9.61. The van der Waals surface area contributed by atoms with E-state index in [0.29, 0.717) is 6.04 Å². The summed E-state index contributed by atoms with van der Waals surface area (Å²) in [7, 11) is 0. The molecular weight excluding hydrogens is 266 g/mol. The molecule has 2 saturated carbocycles. The number of thioether (sulfide) groups is 1. The number of hydrogen-bond donors (Lipinski definition) is 2. The number of aliphatic hydroxyl groups is 1. The van der Waals surface area contributed by atoms with Crippen molar-refractivity contribution in [2.24, 2.45) is 0 Å². The molecule has 110 valence electrons. The van der Waals surface area contributed by atoms with Crippen LogP contribution in [-0.4, -0.2) is 22.5 Å². The first-order valence-corrected chi connectivity index (χ1v) is 8.89. The first-order valence-electron chi connectivity index (χ1n) is 8.01. The van der Waals surface area contributed by atoms with Gasteiger partial charge in [0.15, 0.2) is 0 Å². The van der Waals surface area contributed by atoms with E-state index in [4.69, 9.17) is 0 Å². The fourth-order valence-electron chi connectivity index (χ4n) is 3.31. The summed E-state index contributed by atoms with van der Waals surface area (Å²) in [6.45, 7) is 0. The number of para-hydroxylation sites is 1. The van der Waals surface area contributed by atoms with Crippen LogP contribution in [0.25, 0.3) is 0 Å². The van der Waals surface area contributed by atoms with Gasteiger partial charge in [0, 0.05) is 21.9 Å². The minimum atomic E-state index is -0.0730. The van der Waals surface area contributed by atoms with Gasteiger partial charge in [-0.25, -0.2) is 0 Å². The van der Waals surface area contributed by atoms with Gasteiger partial charge in [0.2, 0.25) is 0 Å². The predicted octanol–water partition coefficient (Wildman–Crippen LogP) is 4.44. The van der Waals surface area contributed by atoms with Gasteiger partial charge in [0.25, 0.3) is 0 Å². The maximum Gasteiger partial charge on any atom is 0.0541 e. The van der Waals surface area contributed by atoms with Crippen LogP contribution in [0.1, 0.15) is 51.4 Å². The highest BCUT2D eigenvalue weighted by atomic mass is 32.2. The summed E-state index contributed by atoms with van der Waals surface area (Å²) < 4.78 is 0. The summed E-state index contributed by atoms with van der Waals surface area (Å²) in [5, 5.41) is 14.1. The second-order valence-electron chi connectivity index (χ2n) is 6.17. The van der Waals surface area contributed by atoms with Crippen molar-refractivity contribution in [3.05, 3.63) is 24.3 Å². The van der Waals surface area contributed by atoms with Gasteiger partial charge in [-0.1, -0.05) is 25.0 Å². The van der Waals surface area contributed by atoms with Crippen LogP contribution in [-0.2, 0) is 0 Å². The van der Waals surface area contributed by atoms with Crippen LogP contribution in [0.5, 0.6) is 0 Å². The Morgan fingerprint density at radius 1 is 0.950 bits per heavy atom. The van der Waals surface area contributed by atoms with E-state index >= 15 is 0 Å². The highest BCUT2D eigenvalue weighted by Gasteiger charge is 2.21. The van der Waals surface area contributed by atoms with Crippen LogP contribution in [0.4, 0.5) is 5.69 Å². The number of aliphatic hydroxyl groups excluding tert-OH is 1. The molecule has 0 saturated heterocycles. The first-order chi connectivity index (χ1) is 9.81. The lowest BCUT2D eigenvalue weighted by Crippen LogP contribution is -2.28. The second kappa shape index (κ2) is 6.86. The zero-order valence-electron chi connectivity index (χ0n) is 12.1. The van der Waals surface area contributed by atoms with E-state index in [1.165, 1.54) is 36.3 Å². The van der Waals surface area contributed by atoms with Crippen molar-refractivity contribution in [1.29, 1.82) is 0 Å². The third-order valence-electron chi connectivity index (χ3n) is 4.54. The highest BCUT2D eigenvalue weighted by Crippen LogP contribution is 2.38. The van der Waals surface area contributed by atoms with Crippen LogP contribution in [0.3, 0.4) is 0 Å². The molecule has 0 unspecified atom stereocenters. The lowest BCUT2D eigenvalue weighted by atomic mass is 9.93. The third-order valence-corrected chi connectivity index (χ3v) is 5.95. The predicted molar refractivity (Wildman–Crippen MR) is 86.4 cm³/mol. The number of rotatable bonds is 4. The van der Waals surface area contributed by atoms with Crippen molar-refractivity contribution in [3.8, 4) is 0 Å². The Balaban J connectivity index is 1.63. The van der Waals surface area contributed by atoms with Gasteiger partial charge in [-0.3, -0.25) is 0 Å². The Hall–Kier alpha value is -0.670. The minimum Gasteiger partial charge on any atom is -0.393 e. The summed E-state index contributed by atoms with van der Waals surface area (Å²) in [4.78, 5) is 1.41. The Kier molecular flexibility index (Phi) is 4.90. The van der Waals surface area contributed by atoms with Gasteiger partial charge in [0.05, 0.1) is 6.10 Å². The summed E-state index contributed by atoms with van der Waals surface area (Å²) in [5.41, 5.74) is 1.30. The van der Waals surface area contributed by atoms with Gasteiger partial charge in [-0.15, -0.1) is 11.8 Å². The lowest BCUT2D eigenvalue weighted by Gasteiger charge is -2.28. The molecule has 2 fully saturated rings. The van der Waals surface area contributed by atoms with Crippen molar-refractivity contribution in [2.75, 3.05) is 5.32 Å². The van der Waals surface area contributed by atoms with Gasteiger partial charge >= 0.3 is 0 Å². The SMILES string of the molecule is OC1CCC(Nc2ccccc2SC2CCCC2)CC1. The molecule has 0 atom stereocenters. The van der Waals surface area contributed by atoms with Crippen LogP contribution in [0.2, 0.25) is 0 Å². The topological polar surface area (TPSA) is 32.3 Å². The second-order valence-corrected chi connectivity index (χ2v) is 7.51. The van der Waals surface area contributed by atoms with E-state index in [9.17, 15) is 5.11 Å². The van der Waals surface area contributed by atoms with Gasteiger partial charge < -0.3 is 10.4 Å². The Morgan fingerprint density at radius 2 is 1.65 bits per heavy atom. The molecule has 0 amide bonds. The van der Waals surface area contributed by atoms with Crippen molar-refractivity contribution >= 4 is 17.4 Å². The molecule has 0 aromatic heterocycles. The molecule has 0 spiro atoms. The van der Waals surface area contributed by atoms with Crippen molar-refractivity contribution in [2.45, 2.75) is 73.7 Å². The molecule has 0 aliphatic heterocycles. The molecule has 2 nitrogen and oxygen atoms in total. The van der Waals surface area contributed by atoms with Gasteiger partial charge in [-0.2, -0.15) is 0 Å². The quantitative estimate of drug-likeness (QED) is 0.860. The molecule has 0 radical (unpaired) electrons. The number of hydrogen-bond acceptors (Lipinski definition) is 3. The van der Waals surface area contributed by atoms with Crippen molar-refractivity contribution < 1.29 is 5.11 Å². The average molecular weight is 291 g/mol. The zero-order valence-corrected chi connectivity index (χ0v) is 12.9. The van der Waals surface area contributed by atoms with Crippen LogP contribution >= 0.6 is 11.8 Å².